The van der Waals surface area contributed by atoms with Crippen molar-refractivity contribution in [1.82, 2.24) is 15.6 Å². The van der Waals surface area contributed by atoms with Gasteiger partial charge in [0.05, 0.1) is 11.4 Å². The maximum absolute atomic E-state index is 12.4. The van der Waals surface area contributed by atoms with E-state index in [2.05, 4.69) is 32.9 Å². The van der Waals surface area contributed by atoms with Gasteiger partial charge >= 0.3 is 0 Å². The Balaban J connectivity index is 1.46. The Morgan fingerprint density at radius 1 is 0.900 bits per heavy atom. The molecule has 5 nitrogen and oxygen atoms in total. The van der Waals surface area contributed by atoms with E-state index < -0.39 is 0 Å². The summed E-state index contributed by atoms with van der Waals surface area (Å²) in [5.41, 5.74) is 8.13. The van der Waals surface area contributed by atoms with Gasteiger partial charge in [-0.3, -0.25) is 9.89 Å². The summed E-state index contributed by atoms with van der Waals surface area (Å²) in [6.45, 7) is 1.79. The number of hydrogen-bond acceptors (Lipinski definition) is 3. The number of hydrogen-bond donors (Lipinski definition) is 2. The number of nitrogens with one attached hydrogen (secondary N) is 2. The lowest BCUT2D eigenvalue weighted by molar-refractivity contribution is 0.0950. The molecule has 0 saturated carbocycles. The number of carbonyl (C=O) groups excluding carboxylic acids is 1. The summed E-state index contributed by atoms with van der Waals surface area (Å²) in [4.78, 5) is 12.4. The fraction of sp³-hybridized carbons (Fsp3) is 0.0417. The number of aromatic amines is 1. The zero-order valence-corrected chi connectivity index (χ0v) is 17.0. The molecule has 0 unspecified atom stereocenters. The Labute approximate surface area is 179 Å². The van der Waals surface area contributed by atoms with Crippen LogP contribution >= 0.6 is 11.6 Å². The third-order valence-electron chi connectivity index (χ3n) is 4.70. The van der Waals surface area contributed by atoms with Gasteiger partial charge in [0.15, 0.2) is 0 Å². The van der Waals surface area contributed by atoms with Crippen LogP contribution in [0, 0.1) is 0 Å². The number of halogens is 1. The van der Waals surface area contributed by atoms with Gasteiger partial charge in [0, 0.05) is 16.1 Å². The second kappa shape index (κ2) is 8.76. The van der Waals surface area contributed by atoms with Crippen LogP contribution in [0.25, 0.3) is 22.4 Å². The standard InChI is InChI=1S/C24H19ClN4O/c1-16(20-9-5-6-10-21(20)25)26-29-24(30)23-15-22(27-28-23)19-13-11-18(12-14-19)17-7-3-2-4-8-17/h2-15H,1H3,(H,27,28)(H,29,30). The number of benzene rings is 3. The molecule has 1 aromatic heterocycles. The van der Waals surface area contributed by atoms with Crippen LogP contribution in [0.2, 0.25) is 5.02 Å². The van der Waals surface area contributed by atoms with E-state index in [-0.39, 0.29) is 5.91 Å². The van der Waals surface area contributed by atoms with Crippen molar-refractivity contribution in [3.05, 3.63) is 101 Å². The molecule has 3 aromatic carbocycles. The molecular formula is C24H19ClN4O. The maximum Gasteiger partial charge on any atom is 0.289 e. The molecule has 0 aliphatic rings. The highest BCUT2D eigenvalue weighted by Gasteiger charge is 2.11. The molecule has 4 aromatic rings. The third kappa shape index (κ3) is 4.31. The predicted molar refractivity (Wildman–Crippen MR) is 121 cm³/mol. The van der Waals surface area contributed by atoms with Crippen molar-refractivity contribution in [2.24, 2.45) is 5.10 Å². The number of hydrazone groups is 1. The van der Waals surface area contributed by atoms with Crippen LogP contribution in [-0.4, -0.2) is 21.8 Å². The highest BCUT2D eigenvalue weighted by molar-refractivity contribution is 6.34. The summed E-state index contributed by atoms with van der Waals surface area (Å²) in [5.74, 6) is -0.374. The van der Waals surface area contributed by atoms with Crippen LogP contribution in [0.5, 0.6) is 0 Å². The molecule has 4 rings (SSSR count). The maximum atomic E-state index is 12.4. The molecule has 1 heterocycles. The SMILES string of the molecule is CC(=NNC(=O)c1cc(-c2ccc(-c3ccccc3)cc2)n[nH]1)c1ccccc1Cl. The van der Waals surface area contributed by atoms with Crippen molar-refractivity contribution in [3.8, 4) is 22.4 Å². The van der Waals surface area contributed by atoms with Gasteiger partial charge in [-0.15, -0.1) is 0 Å². The monoisotopic (exact) mass is 414 g/mol. The summed E-state index contributed by atoms with van der Waals surface area (Å²) in [6.07, 6.45) is 0. The Kier molecular flexibility index (Phi) is 5.72. The van der Waals surface area contributed by atoms with Gasteiger partial charge in [0.2, 0.25) is 0 Å². The molecule has 1 amide bonds. The van der Waals surface area contributed by atoms with E-state index in [1.54, 1.807) is 19.1 Å². The van der Waals surface area contributed by atoms with E-state index in [0.717, 1.165) is 22.3 Å². The predicted octanol–water partition coefficient (Wildman–Crippen LogP) is 5.55. The van der Waals surface area contributed by atoms with Gasteiger partial charge < -0.3 is 0 Å². The Morgan fingerprint density at radius 3 is 2.27 bits per heavy atom. The summed E-state index contributed by atoms with van der Waals surface area (Å²) in [7, 11) is 0. The van der Waals surface area contributed by atoms with Gasteiger partial charge in [0.1, 0.15) is 5.69 Å². The first kappa shape index (κ1) is 19.6. The zero-order chi connectivity index (χ0) is 20.9. The van der Waals surface area contributed by atoms with Crippen LogP contribution in [0.15, 0.2) is 90.0 Å². The van der Waals surface area contributed by atoms with Crippen LogP contribution in [-0.2, 0) is 0 Å². The highest BCUT2D eigenvalue weighted by Crippen LogP contribution is 2.24. The largest absolute Gasteiger partial charge is 0.289 e. The Bertz CT molecular complexity index is 1200. The molecule has 0 bridgehead atoms. The van der Waals surface area contributed by atoms with Gasteiger partial charge in [0.25, 0.3) is 5.91 Å². The van der Waals surface area contributed by atoms with Gasteiger partial charge in [-0.2, -0.15) is 10.2 Å². The molecule has 0 aliphatic heterocycles. The minimum absolute atomic E-state index is 0.327. The third-order valence-corrected chi connectivity index (χ3v) is 5.03. The van der Waals surface area contributed by atoms with Crippen molar-refractivity contribution in [1.29, 1.82) is 0 Å². The average molecular weight is 415 g/mol. The molecule has 0 saturated heterocycles. The van der Waals surface area contributed by atoms with Gasteiger partial charge in [-0.1, -0.05) is 84.4 Å². The topological polar surface area (TPSA) is 70.1 Å². The lowest BCUT2D eigenvalue weighted by atomic mass is 10.0. The normalized spacial score (nSPS) is 11.3. The average Bonchev–Trinajstić information content (AvgIpc) is 3.29. The molecule has 0 radical (unpaired) electrons. The number of nitrogens with zero attached hydrogens (tertiary/aromatic N) is 2. The fourth-order valence-electron chi connectivity index (χ4n) is 3.06. The van der Waals surface area contributed by atoms with Crippen molar-refractivity contribution < 1.29 is 4.79 Å². The van der Waals surface area contributed by atoms with Crippen molar-refractivity contribution in [3.63, 3.8) is 0 Å². The molecule has 6 heteroatoms. The summed E-state index contributed by atoms with van der Waals surface area (Å²) < 4.78 is 0. The number of rotatable bonds is 5. The molecule has 0 atom stereocenters. The number of aromatic nitrogens is 2. The first-order chi connectivity index (χ1) is 14.6. The zero-order valence-electron chi connectivity index (χ0n) is 16.3. The van der Waals surface area contributed by atoms with Crippen LogP contribution in [0.4, 0.5) is 0 Å². The molecular weight excluding hydrogens is 396 g/mol. The highest BCUT2D eigenvalue weighted by atomic mass is 35.5. The molecule has 0 spiro atoms. The van der Waals surface area contributed by atoms with Crippen molar-refractivity contribution >= 4 is 23.2 Å². The van der Waals surface area contributed by atoms with E-state index in [4.69, 9.17) is 11.6 Å². The van der Waals surface area contributed by atoms with Crippen molar-refractivity contribution in [2.45, 2.75) is 6.92 Å². The van der Waals surface area contributed by atoms with Gasteiger partial charge in [-0.25, -0.2) is 5.43 Å². The lowest BCUT2D eigenvalue weighted by Crippen LogP contribution is -2.19. The summed E-state index contributed by atoms with van der Waals surface area (Å²) >= 11 is 6.16. The molecule has 30 heavy (non-hydrogen) atoms. The second-order valence-electron chi connectivity index (χ2n) is 6.73. The first-order valence-electron chi connectivity index (χ1n) is 9.42. The summed E-state index contributed by atoms with van der Waals surface area (Å²) in [5, 5.41) is 11.7. The molecule has 2 N–H and O–H groups in total. The fourth-order valence-corrected chi connectivity index (χ4v) is 3.33. The number of amides is 1. The lowest BCUT2D eigenvalue weighted by Gasteiger charge is -2.03. The number of H-pyrrole nitrogens is 1. The summed E-state index contributed by atoms with van der Waals surface area (Å²) in [6, 6.07) is 27.2. The smallest absolute Gasteiger partial charge is 0.272 e. The molecule has 148 valence electrons. The first-order valence-corrected chi connectivity index (χ1v) is 9.80. The van der Waals surface area contributed by atoms with Crippen LogP contribution in [0.1, 0.15) is 23.0 Å². The van der Waals surface area contributed by atoms with E-state index in [1.807, 2.05) is 60.7 Å². The quantitative estimate of drug-likeness (QED) is 0.332. The van der Waals surface area contributed by atoms with E-state index >= 15 is 0 Å². The second-order valence-corrected chi connectivity index (χ2v) is 7.14. The van der Waals surface area contributed by atoms with E-state index in [9.17, 15) is 4.79 Å². The Hall–Kier alpha value is -3.70. The molecule has 0 aliphatic carbocycles. The number of carbonyl (C=O) groups is 1. The van der Waals surface area contributed by atoms with E-state index in [0.29, 0.717) is 22.1 Å². The molecule has 0 fully saturated rings. The van der Waals surface area contributed by atoms with Crippen molar-refractivity contribution in [2.75, 3.05) is 0 Å². The minimum Gasteiger partial charge on any atom is -0.272 e. The Morgan fingerprint density at radius 2 is 1.53 bits per heavy atom. The van der Waals surface area contributed by atoms with Crippen LogP contribution < -0.4 is 5.43 Å². The van der Waals surface area contributed by atoms with Crippen LogP contribution in [0.3, 0.4) is 0 Å². The van der Waals surface area contributed by atoms with E-state index in [1.165, 1.54) is 0 Å². The minimum atomic E-state index is -0.374. The van der Waals surface area contributed by atoms with Gasteiger partial charge in [-0.05, 0) is 30.2 Å².